The maximum absolute atomic E-state index is 13.6. The first-order chi connectivity index (χ1) is 21.0. The highest BCUT2D eigenvalue weighted by molar-refractivity contribution is 7.84. The topological polar surface area (TPSA) is 110 Å². The molecule has 1 aliphatic heterocycles. The second kappa shape index (κ2) is 11.9. The van der Waals surface area contributed by atoms with Gasteiger partial charge in [-0.2, -0.15) is 18.2 Å². The third-order valence-electron chi connectivity index (χ3n) is 8.33. The van der Waals surface area contributed by atoms with Gasteiger partial charge in [0, 0.05) is 10.4 Å². The van der Waals surface area contributed by atoms with Crippen LogP contribution in [0.4, 0.5) is 15.8 Å². The van der Waals surface area contributed by atoms with Gasteiger partial charge in [-0.1, -0.05) is 54.9 Å². The fourth-order valence-electron chi connectivity index (χ4n) is 5.38. The Morgan fingerprint density at radius 2 is 1.80 bits per heavy atom. The molecule has 2 aliphatic rings. The van der Waals surface area contributed by atoms with Crippen molar-refractivity contribution in [2.45, 2.75) is 25.5 Å². The largest absolute Gasteiger partial charge is 0.698 e. The van der Waals surface area contributed by atoms with Crippen LogP contribution < -0.4 is 19.5 Å². The number of ether oxygens (including phenoxy) is 1. The first-order valence-corrected chi connectivity index (χ1v) is 16.5. The molecule has 230 valence electrons. The van der Waals surface area contributed by atoms with Crippen LogP contribution in [-0.4, -0.2) is 51.0 Å². The molecule has 44 heavy (non-hydrogen) atoms. The lowest BCUT2D eigenvalue weighted by Crippen LogP contribution is -3.16. The second-order valence-corrected chi connectivity index (χ2v) is 14.4. The van der Waals surface area contributed by atoms with Gasteiger partial charge in [0.2, 0.25) is 5.75 Å². The van der Waals surface area contributed by atoms with E-state index in [1.165, 1.54) is 16.8 Å². The van der Waals surface area contributed by atoms with E-state index in [9.17, 15) is 17.6 Å². The summed E-state index contributed by atoms with van der Waals surface area (Å²) in [7, 11) is -3.60. The number of sulfonamides is 1. The van der Waals surface area contributed by atoms with Crippen LogP contribution in [0.5, 0.6) is 5.75 Å². The molecule has 1 aromatic heterocycles. The SMILES string of the molecule is CC1(COc2c(N3CC[NH+](S(=O)(=O)Cc4ccc(-c5ccc(F)cc5)c([NH-])c4)CC3)cnn(-c3cccc(Cl)c3)c2=O)CC1. The predicted molar refractivity (Wildman–Crippen MR) is 169 cm³/mol. The summed E-state index contributed by atoms with van der Waals surface area (Å²) >= 11 is 6.16. The lowest BCUT2D eigenvalue weighted by atomic mass is 10.0. The van der Waals surface area contributed by atoms with Gasteiger partial charge in [0.25, 0.3) is 10.0 Å². The molecule has 0 radical (unpaired) electrons. The van der Waals surface area contributed by atoms with Crippen molar-refractivity contribution in [3.63, 3.8) is 0 Å². The van der Waals surface area contributed by atoms with E-state index in [0.29, 0.717) is 70.2 Å². The van der Waals surface area contributed by atoms with Gasteiger partial charge < -0.3 is 15.4 Å². The van der Waals surface area contributed by atoms with E-state index < -0.39 is 15.6 Å². The molecule has 1 saturated carbocycles. The number of nitrogens with one attached hydrogen (secondary N) is 2. The summed E-state index contributed by atoms with van der Waals surface area (Å²) in [6, 6.07) is 17.7. The zero-order valence-corrected chi connectivity index (χ0v) is 25.8. The number of nitrogens with zero attached hydrogens (tertiary/aromatic N) is 3. The molecule has 9 nitrogen and oxygen atoms in total. The van der Waals surface area contributed by atoms with Crippen LogP contribution in [0.15, 0.2) is 77.7 Å². The van der Waals surface area contributed by atoms with Crippen LogP contribution in [0, 0.1) is 11.2 Å². The summed E-state index contributed by atoms with van der Waals surface area (Å²) in [4.78, 5) is 15.6. The number of piperazine rings is 1. The second-order valence-electron chi connectivity index (χ2n) is 11.8. The van der Waals surface area contributed by atoms with Crippen LogP contribution in [0.3, 0.4) is 0 Å². The van der Waals surface area contributed by atoms with Crippen molar-refractivity contribution in [2.75, 3.05) is 37.7 Å². The Bertz CT molecular complexity index is 1850. The van der Waals surface area contributed by atoms with Crippen molar-refractivity contribution in [3.05, 3.63) is 105 Å². The van der Waals surface area contributed by atoms with Crippen LogP contribution in [0.1, 0.15) is 25.3 Å². The molecule has 4 aromatic rings. The Morgan fingerprint density at radius 1 is 1.07 bits per heavy atom. The van der Waals surface area contributed by atoms with Gasteiger partial charge in [0.15, 0.2) is 0 Å². The minimum absolute atomic E-state index is 0.0426. The maximum Gasteiger partial charge on any atom is 0.316 e. The first-order valence-electron chi connectivity index (χ1n) is 14.5. The predicted octanol–water partition coefficient (Wildman–Crippen LogP) is 4.79. The summed E-state index contributed by atoms with van der Waals surface area (Å²) in [5.74, 6) is -0.369. The number of aromatic nitrogens is 2. The highest BCUT2D eigenvalue weighted by Gasteiger charge is 2.39. The van der Waals surface area contributed by atoms with E-state index in [-0.39, 0.29) is 28.4 Å². The molecule has 0 spiro atoms. The van der Waals surface area contributed by atoms with Crippen LogP contribution >= 0.6 is 11.6 Å². The lowest BCUT2D eigenvalue weighted by molar-refractivity contribution is -0.768. The lowest BCUT2D eigenvalue weighted by Gasteiger charge is -2.33. The number of rotatable bonds is 9. The van der Waals surface area contributed by atoms with Gasteiger partial charge in [-0.3, -0.25) is 4.79 Å². The van der Waals surface area contributed by atoms with Crippen molar-refractivity contribution >= 4 is 33.0 Å². The van der Waals surface area contributed by atoms with Gasteiger partial charge in [-0.15, -0.1) is 5.69 Å². The van der Waals surface area contributed by atoms with E-state index >= 15 is 0 Å². The summed E-state index contributed by atoms with van der Waals surface area (Å²) in [6.07, 6.45) is 3.67. The van der Waals surface area contributed by atoms with E-state index in [2.05, 4.69) is 12.0 Å². The zero-order chi connectivity index (χ0) is 31.1. The normalized spacial score (nSPS) is 16.6. The molecule has 2 heterocycles. The van der Waals surface area contributed by atoms with Crippen LogP contribution in [0.25, 0.3) is 22.5 Å². The molecule has 12 heteroatoms. The Morgan fingerprint density at radius 3 is 2.45 bits per heavy atom. The Hall–Kier alpha value is -3.93. The Kier molecular flexibility index (Phi) is 8.12. The molecule has 1 saturated heterocycles. The molecule has 0 amide bonds. The molecule has 2 fully saturated rings. The highest BCUT2D eigenvalue weighted by atomic mass is 35.5. The summed E-state index contributed by atoms with van der Waals surface area (Å²) in [6.45, 7) is 3.91. The van der Waals surface area contributed by atoms with Gasteiger partial charge in [0.05, 0.1) is 31.6 Å². The number of hydrogen-bond donors (Lipinski definition) is 1. The number of anilines is 1. The van der Waals surface area contributed by atoms with Crippen LogP contribution in [0.2, 0.25) is 5.02 Å². The molecule has 0 unspecified atom stereocenters. The highest BCUT2D eigenvalue weighted by Crippen LogP contribution is 2.45. The monoisotopic (exact) mass is 637 g/mol. The number of hydrogen-bond acceptors (Lipinski definition) is 6. The number of benzene rings is 3. The van der Waals surface area contributed by atoms with E-state index in [0.717, 1.165) is 12.8 Å². The standard InChI is InChI=1S/C32H32ClFN5O4S/c1-32(11-12-32)21-43-30-29(19-36-39(31(30)40)26-4-2-3-24(33)18-26)37-13-15-38(16-14-37)44(41,42)20-22-5-10-27(28(35)17-22)23-6-8-25(34)9-7-23/h2-10,17-19,35H,11-16,20-21H2,1H3/q-1/p+1. The van der Waals surface area contributed by atoms with Gasteiger partial charge in [0.1, 0.15) is 30.3 Å². The van der Waals surface area contributed by atoms with Crippen molar-refractivity contribution in [1.29, 1.82) is 0 Å². The van der Waals surface area contributed by atoms with Gasteiger partial charge in [-0.25, -0.2) is 8.70 Å². The van der Waals surface area contributed by atoms with Crippen LogP contribution in [-0.2, 0) is 15.8 Å². The Balaban J connectivity index is 1.18. The van der Waals surface area contributed by atoms with Crippen molar-refractivity contribution in [3.8, 4) is 22.6 Å². The average molecular weight is 638 g/mol. The fraction of sp³-hybridized carbons (Fsp3) is 0.312. The minimum atomic E-state index is -3.60. The first kappa shape index (κ1) is 30.1. The molecular formula is C32H33ClFN5O4S. The summed E-state index contributed by atoms with van der Waals surface area (Å²) < 4.78 is 48.0. The van der Waals surface area contributed by atoms with Crippen molar-refractivity contribution < 1.29 is 21.9 Å². The smallest absolute Gasteiger partial charge is 0.316 e. The van der Waals surface area contributed by atoms with E-state index in [1.807, 2.05) is 4.90 Å². The summed E-state index contributed by atoms with van der Waals surface area (Å²) in [5, 5.41) is 4.90. The van der Waals surface area contributed by atoms with E-state index in [4.69, 9.17) is 22.1 Å². The van der Waals surface area contributed by atoms with Gasteiger partial charge in [-0.05, 0) is 59.9 Å². The average Bonchev–Trinajstić information content (AvgIpc) is 3.74. The molecule has 6 rings (SSSR count). The molecule has 2 N–H and O–H groups in total. The number of quaternary nitrogens is 1. The summed E-state index contributed by atoms with van der Waals surface area (Å²) in [5.41, 5.74) is 11.1. The maximum atomic E-state index is 13.6. The quantitative estimate of drug-likeness (QED) is 0.283. The van der Waals surface area contributed by atoms with Crippen molar-refractivity contribution in [2.24, 2.45) is 5.41 Å². The Labute approximate surface area is 260 Å². The third-order valence-corrected chi connectivity index (χ3v) is 10.6. The zero-order valence-electron chi connectivity index (χ0n) is 24.2. The molecule has 1 aliphatic carbocycles. The minimum Gasteiger partial charge on any atom is -0.698 e. The fourth-order valence-corrected chi connectivity index (χ4v) is 7.19. The van der Waals surface area contributed by atoms with E-state index in [1.54, 1.807) is 60.8 Å². The van der Waals surface area contributed by atoms with Gasteiger partial charge >= 0.3 is 5.56 Å². The number of halogens is 2. The molecule has 0 bridgehead atoms. The molecule has 3 aromatic carbocycles. The third kappa shape index (κ3) is 6.45. The van der Waals surface area contributed by atoms with Crippen molar-refractivity contribution in [1.82, 2.24) is 9.78 Å². The molecule has 0 atom stereocenters. The molecular weight excluding hydrogens is 605 g/mol.